The maximum Gasteiger partial charge on any atom is 0.141 e. The van der Waals surface area contributed by atoms with E-state index in [2.05, 4.69) is 10.3 Å². The lowest BCUT2D eigenvalue weighted by Gasteiger charge is -2.09. The molecule has 0 spiro atoms. The Labute approximate surface area is 93.1 Å². The van der Waals surface area contributed by atoms with Gasteiger partial charge in [0.15, 0.2) is 0 Å². The fourth-order valence-corrected chi connectivity index (χ4v) is 1.41. The van der Waals surface area contributed by atoms with Crippen molar-refractivity contribution in [3.05, 3.63) is 54.0 Å². The molecule has 3 N–H and O–H groups in total. The highest BCUT2D eigenvalue weighted by Gasteiger charge is 2.00. The van der Waals surface area contributed by atoms with Crippen molar-refractivity contribution < 1.29 is 4.39 Å². The maximum atomic E-state index is 12.7. The predicted molar refractivity (Wildman–Crippen MR) is 61.8 cm³/mol. The fraction of sp³-hybridized carbons (Fsp3) is 0.0833. The molecular formula is C12H12FN3. The van der Waals surface area contributed by atoms with Gasteiger partial charge in [0, 0.05) is 12.2 Å². The van der Waals surface area contributed by atoms with E-state index in [-0.39, 0.29) is 5.82 Å². The Bertz CT molecular complexity index is 468. The minimum Gasteiger partial charge on any atom is -0.340 e. The Morgan fingerprint density at radius 3 is 2.69 bits per heavy atom. The second-order valence-electron chi connectivity index (χ2n) is 3.35. The Morgan fingerprint density at radius 1 is 1.19 bits per heavy atom. The highest BCUT2D eigenvalue weighted by atomic mass is 19.1. The van der Waals surface area contributed by atoms with E-state index in [4.69, 9.17) is 5.73 Å². The second-order valence-corrected chi connectivity index (χ2v) is 3.35. The van der Waals surface area contributed by atoms with Gasteiger partial charge in [0.05, 0.1) is 6.20 Å². The summed E-state index contributed by atoms with van der Waals surface area (Å²) in [6.45, 7) is 0.449. The number of hydrogen-bond acceptors (Lipinski definition) is 3. The van der Waals surface area contributed by atoms with Crippen molar-refractivity contribution in [3.63, 3.8) is 0 Å². The van der Waals surface area contributed by atoms with Crippen LogP contribution in [0.25, 0.3) is 0 Å². The third-order valence-corrected chi connectivity index (χ3v) is 2.23. The van der Waals surface area contributed by atoms with Crippen LogP contribution in [-0.4, -0.2) is 4.98 Å². The molecule has 16 heavy (non-hydrogen) atoms. The Hall–Kier alpha value is -1.94. The van der Waals surface area contributed by atoms with Gasteiger partial charge in [0.25, 0.3) is 0 Å². The molecule has 0 atom stereocenters. The van der Waals surface area contributed by atoms with Crippen molar-refractivity contribution in [2.24, 2.45) is 5.73 Å². The quantitative estimate of drug-likeness (QED) is 0.830. The highest BCUT2D eigenvalue weighted by molar-refractivity contribution is 5.60. The van der Waals surface area contributed by atoms with Gasteiger partial charge in [0.1, 0.15) is 11.6 Å². The number of nitrogens with zero attached hydrogens (tertiary/aromatic N) is 1. The van der Waals surface area contributed by atoms with Crippen molar-refractivity contribution in [1.82, 2.24) is 4.98 Å². The number of nitrogens with one attached hydrogen (secondary N) is 1. The monoisotopic (exact) mass is 217 g/mol. The number of anilines is 2. The van der Waals surface area contributed by atoms with Gasteiger partial charge in [-0.1, -0.05) is 18.2 Å². The number of hydrogen-bond donors (Lipinski definition) is 2. The summed E-state index contributed by atoms with van der Waals surface area (Å²) in [7, 11) is 0. The van der Waals surface area contributed by atoms with Crippen molar-refractivity contribution in [2.45, 2.75) is 6.54 Å². The van der Waals surface area contributed by atoms with Crippen LogP contribution in [0.1, 0.15) is 5.56 Å². The van der Waals surface area contributed by atoms with Gasteiger partial charge in [-0.2, -0.15) is 0 Å². The van der Waals surface area contributed by atoms with Crippen LogP contribution in [0, 0.1) is 5.82 Å². The zero-order valence-corrected chi connectivity index (χ0v) is 8.65. The molecule has 0 radical (unpaired) electrons. The summed E-state index contributed by atoms with van der Waals surface area (Å²) in [6, 6.07) is 10.6. The van der Waals surface area contributed by atoms with Crippen molar-refractivity contribution >= 4 is 11.5 Å². The number of pyridine rings is 1. The zero-order chi connectivity index (χ0) is 11.4. The van der Waals surface area contributed by atoms with E-state index in [1.807, 2.05) is 24.3 Å². The molecule has 1 aromatic carbocycles. The van der Waals surface area contributed by atoms with Gasteiger partial charge >= 0.3 is 0 Å². The van der Waals surface area contributed by atoms with Crippen LogP contribution >= 0.6 is 0 Å². The lowest BCUT2D eigenvalue weighted by molar-refractivity contribution is 0.622. The molecule has 1 aromatic heterocycles. The van der Waals surface area contributed by atoms with Gasteiger partial charge in [0.2, 0.25) is 0 Å². The lowest BCUT2D eigenvalue weighted by Crippen LogP contribution is -2.02. The first kappa shape index (κ1) is 10.6. The first-order chi connectivity index (χ1) is 7.79. The van der Waals surface area contributed by atoms with E-state index in [0.29, 0.717) is 12.4 Å². The number of nitrogens with two attached hydrogens (primary N) is 1. The first-order valence-electron chi connectivity index (χ1n) is 4.96. The molecule has 0 bridgehead atoms. The number of rotatable bonds is 3. The summed E-state index contributed by atoms with van der Waals surface area (Å²) in [5.41, 5.74) is 7.49. The molecule has 0 amide bonds. The van der Waals surface area contributed by atoms with Crippen molar-refractivity contribution in [1.29, 1.82) is 0 Å². The van der Waals surface area contributed by atoms with E-state index in [0.717, 1.165) is 11.3 Å². The standard InChI is InChI=1S/C12H12FN3/c13-10-5-6-12(15-8-10)16-11-4-2-1-3-9(11)7-14/h1-6,8H,7,14H2,(H,15,16). The molecule has 2 aromatic rings. The molecule has 4 heteroatoms. The van der Waals surface area contributed by atoms with Crippen LogP contribution in [0.4, 0.5) is 15.9 Å². The van der Waals surface area contributed by atoms with E-state index in [1.165, 1.54) is 12.3 Å². The molecule has 0 aliphatic carbocycles. The van der Waals surface area contributed by atoms with E-state index >= 15 is 0 Å². The molecule has 1 heterocycles. The Morgan fingerprint density at radius 2 is 2.00 bits per heavy atom. The molecule has 3 nitrogen and oxygen atoms in total. The number of halogens is 1. The first-order valence-corrected chi connectivity index (χ1v) is 4.96. The summed E-state index contributed by atoms with van der Waals surface area (Å²) in [5.74, 6) is 0.250. The van der Waals surface area contributed by atoms with E-state index in [9.17, 15) is 4.39 Å². The van der Waals surface area contributed by atoms with Crippen LogP contribution in [0.5, 0.6) is 0 Å². The SMILES string of the molecule is NCc1ccccc1Nc1ccc(F)cn1. The third kappa shape index (κ3) is 2.35. The van der Waals surface area contributed by atoms with Crippen LogP contribution < -0.4 is 11.1 Å². The fourth-order valence-electron chi connectivity index (χ4n) is 1.41. The number of aromatic nitrogens is 1. The average molecular weight is 217 g/mol. The molecule has 2 rings (SSSR count). The van der Waals surface area contributed by atoms with Gasteiger partial charge in [-0.15, -0.1) is 0 Å². The minimum atomic E-state index is -0.349. The number of benzene rings is 1. The van der Waals surface area contributed by atoms with Gasteiger partial charge in [-0.25, -0.2) is 9.37 Å². The van der Waals surface area contributed by atoms with Gasteiger partial charge in [-0.3, -0.25) is 0 Å². The lowest BCUT2D eigenvalue weighted by atomic mass is 10.2. The molecule has 0 aliphatic rings. The summed E-state index contributed by atoms with van der Waals surface area (Å²) in [4.78, 5) is 3.92. The molecular weight excluding hydrogens is 205 g/mol. The largest absolute Gasteiger partial charge is 0.340 e. The summed E-state index contributed by atoms with van der Waals surface area (Å²) >= 11 is 0. The number of para-hydroxylation sites is 1. The van der Waals surface area contributed by atoms with Crippen molar-refractivity contribution in [3.8, 4) is 0 Å². The Balaban J connectivity index is 2.23. The molecule has 0 aliphatic heterocycles. The molecule has 0 unspecified atom stereocenters. The van der Waals surface area contributed by atoms with Crippen LogP contribution in [0.15, 0.2) is 42.6 Å². The second kappa shape index (κ2) is 4.72. The van der Waals surface area contributed by atoms with E-state index in [1.54, 1.807) is 6.07 Å². The van der Waals surface area contributed by atoms with Crippen LogP contribution in [0.2, 0.25) is 0 Å². The molecule has 82 valence electrons. The molecule has 0 saturated heterocycles. The maximum absolute atomic E-state index is 12.7. The topological polar surface area (TPSA) is 50.9 Å². The van der Waals surface area contributed by atoms with Gasteiger partial charge < -0.3 is 11.1 Å². The normalized spacial score (nSPS) is 10.1. The van der Waals surface area contributed by atoms with Crippen molar-refractivity contribution in [2.75, 3.05) is 5.32 Å². The zero-order valence-electron chi connectivity index (χ0n) is 8.65. The van der Waals surface area contributed by atoms with E-state index < -0.39 is 0 Å². The summed E-state index contributed by atoms with van der Waals surface area (Å²) in [6.07, 6.45) is 1.17. The molecule has 0 saturated carbocycles. The van der Waals surface area contributed by atoms with Gasteiger partial charge in [-0.05, 0) is 23.8 Å². The minimum absolute atomic E-state index is 0.349. The average Bonchev–Trinajstić information content (AvgIpc) is 2.33. The van der Waals surface area contributed by atoms with Crippen LogP contribution in [-0.2, 0) is 6.54 Å². The third-order valence-electron chi connectivity index (χ3n) is 2.23. The van der Waals surface area contributed by atoms with Crippen LogP contribution in [0.3, 0.4) is 0 Å². The summed E-state index contributed by atoms with van der Waals surface area (Å²) in [5, 5.41) is 3.09. The highest BCUT2D eigenvalue weighted by Crippen LogP contribution is 2.18. The predicted octanol–water partition coefficient (Wildman–Crippen LogP) is 2.42. The summed E-state index contributed by atoms with van der Waals surface area (Å²) < 4.78 is 12.7. The Kier molecular flexibility index (Phi) is 3.12. The molecule has 0 fully saturated rings. The smallest absolute Gasteiger partial charge is 0.141 e.